The summed E-state index contributed by atoms with van der Waals surface area (Å²) in [4.78, 5) is 51.7. The molecule has 5 rings (SSSR count). The fraction of sp³-hybridized carbons (Fsp3) is 0.217. The van der Waals surface area contributed by atoms with Crippen LogP contribution < -0.4 is 5.32 Å². The molecule has 2 aliphatic rings. The van der Waals surface area contributed by atoms with E-state index in [1.54, 1.807) is 12.1 Å². The summed E-state index contributed by atoms with van der Waals surface area (Å²) in [5.41, 5.74) is -0.934. The van der Waals surface area contributed by atoms with Gasteiger partial charge in [-0.05, 0) is 36.1 Å². The number of amides is 4. The second-order valence-corrected chi connectivity index (χ2v) is 9.23. The Kier molecular flexibility index (Phi) is 5.44. The van der Waals surface area contributed by atoms with Crippen molar-refractivity contribution in [1.82, 2.24) is 15.2 Å². The Morgan fingerprint density at radius 3 is 2.80 bits per heavy atom. The number of carbonyl (C=O) groups excluding carboxylic acids is 3. The van der Waals surface area contributed by atoms with Crippen molar-refractivity contribution >= 4 is 40.6 Å². The highest BCUT2D eigenvalue weighted by Crippen LogP contribution is 2.36. The quantitative estimate of drug-likeness (QED) is 0.317. The lowest BCUT2D eigenvalue weighted by atomic mass is 9.91. The Bertz CT molecular complexity index is 1350. The van der Waals surface area contributed by atoms with E-state index in [2.05, 4.69) is 10.4 Å². The molecule has 2 aromatic heterocycles. The Balaban J connectivity index is 1.40. The molecule has 2 unspecified atom stereocenters. The topological polar surface area (TPSA) is 138 Å². The van der Waals surface area contributed by atoms with Gasteiger partial charge in [-0.1, -0.05) is 18.2 Å². The smallest absolute Gasteiger partial charge is 0.325 e. The van der Waals surface area contributed by atoms with E-state index >= 15 is 0 Å². The second-order valence-electron chi connectivity index (χ2n) is 8.25. The highest BCUT2D eigenvalue weighted by molar-refractivity contribution is 7.10. The van der Waals surface area contributed by atoms with Gasteiger partial charge in [0.15, 0.2) is 0 Å². The molecule has 35 heavy (non-hydrogen) atoms. The van der Waals surface area contributed by atoms with Crippen LogP contribution in [-0.4, -0.2) is 44.9 Å². The van der Waals surface area contributed by atoms with Crippen LogP contribution >= 0.6 is 11.3 Å². The van der Waals surface area contributed by atoms with Gasteiger partial charge < -0.3 is 9.73 Å². The monoisotopic (exact) mass is 493 g/mol. The molecule has 1 saturated heterocycles. The van der Waals surface area contributed by atoms with Gasteiger partial charge in [0.25, 0.3) is 17.5 Å². The maximum atomic E-state index is 13.3. The van der Waals surface area contributed by atoms with Crippen molar-refractivity contribution in [2.24, 2.45) is 5.10 Å². The fourth-order valence-corrected chi connectivity index (χ4v) is 5.02. The van der Waals surface area contributed by atoms with E-state index in [0.29, 0.717) is 17.9 Å². The van der Waals surface area contributed by atoms with Gasteiger partial charge in [0.2, 0.25) is 0 Å². The number of imide groups is 1. The third-order valence-corrected chi connectivity index (χ3v) is 7.02. The van der Waals surface area contributed by atoms with Gasteiger partial charge in [-0.25, -0.2) is 9.80 Å². The lowest BCUT2D eigenvalue weighted by molar-refractivity contribution is -0.385. The van der Waals surface area contributed by atoms with Crippen LogP contribution in [0.4, 0.5) is 10.5 Å². The van der Waals surface area contributed by atoms with Crippen molar-refractivity contribution in [2.45, 2.75) is 24.9 Å². The third kappa shape index (κ3) is 3.87. The van der Waals surface area contributed by atoms with Gasteiger partial charge in [-0.3, -0.25) is 24.6 Å². The molecule has 12 heteroatoms. The van der Waals surface area contributed by atoms with Crippen LogP contribution in [0.3, 0.4) is 0 Å². The van der Waals surface area contributed by atoms with Gasteiger partial charge in [0.1, 0.15) is 23.6 Å². The largest absolute Gasteiger partial charge is 0.463 e. The lowest BCUT2D eigenvalue weighted by Crippen LogP contribution is -2.43. The van der Waals surface area contributed by atoms with Crippen molar-refractivity contribution in [1.29, 1.82) is 0 Å². The molecule has 0 bridgehead atoms. The van der Waals surface area contributed by atoms with Gasteiger partial charge in [-0.15, -0.1) is 11.3 Å². The van der Waals surface area contributed by atoms with Crippen molar-refractivity contribution < 1.29 is 23.7 Å². The molecule has 0 spiro atoms. The molecule has 4 amide bonds. The molecule has 0 aliphatic carbocycles. The number of nitrogens with zero attached hydrogens (tertiary/aromatic N) is 4. The molecule has 2 aliphatic heterocycles. The third-order valence-electron chi connectivity index (χ3n) is 6.05. The van der Waals surface area contributed by atoms with Crippen molar-refractivity contribution in [3.8, 4) is 0 Å². The van der Waals surface area contributed by atoms with E-state index in [9.17, 15) is 24.5 Å². The average Bonchev–Trinajstić information content (AvgIpc) is 3.63. The summed E-state index contributed by atoms with van der Waals surface area (Å²) in [5.74, 6) is -0.690. The molecule has 0 saturated carbocycles. The number of thiophene rings is 1. The summed E-state index contributed by atoms with van der Waals surface area (Å²) < 4.78 is 5.44. The van der Waals surface area contributed by atoms with Crippen LogP contribution in [0.1, 0.15) is 35.6 Å². The number of nitro benzene ring substituents is 1. The van der Waals surface area contributed by atoms with Crippen LogP contribution in [-0.2, 0) is 15.1 Å². The number of hydrazone groups is 1. The van der Waals surface area contributed by atoms with Gasteiger partial charge in [-0.2, -0.15) is 5.10 Å². The minimum Gasteiger partial charge on any atom is -0.463 e. The summed E-state index contributed by atoms with van der Waals surface area (Å²) in [5, 5.41) is 21.4. The highest BCUT2D eigenvalue weighted by atomic mass is 32.1. The maximum absolute atomic E-state index is 13.3. The van der Waals surface area contributed by atoms with E-state index in [-0.39, 0.29) is 11.3 Å². The van der Waals surface area contributed by atoms with Crippen LogP contribution in [0.15, 0.2) is 69.7 Å². The van der Waals surface area contributed by atoms with Crippen molar-refractivity contribution in [3.05, 3.63) is 86.5 Å². The fourth-order valence-electron chi connectivity index (χ4n) is 4.21. The molecule has 178 valence electrons. The van der Waals surface area contributed by atoms with Gasteiger partial charge in [0.05, 0.1) is 17.2 Å². The van der Waals surface area contributed by atoms with Crippen LogP contribution in [0.25, 0.3) is 0 Å². The number of urea groups is 1. The minimum absolute atomic E-state index is 0.212. The van der Waals surface area contributed by atoms with E-state index in [1.807, 2.05) is 17.5 Å². The summed E-state index contributed by atoms with van der Waals surface area (Å²) in [7, 11) is 0. The van der Waals surface area contributed by atoms with Gasteiger partial charge in [0, 0.05) is 23.4 Å². The summed E-state index contributed by atoms with van der Waals surface area (Å²) in [6.07, 6.45) is 1.94. The summed E-state index contributed by atoms with van der Waals surface area (Å²) in [6, 6.07) is 11.6. The Morgan fingerprint density at radius 1 is 1.29 bits per heavy atom. The molecule has 1 aromatic carbocycles. The molecule has 1 N–H and O–H groups in total. The lowest BCUT2D eigenvalue weighted by Gasteiger charge is -2.24. The number of benzene rings is 1. The Hall–Kier alpha value is -4.32. The number of carbonyl (C=O) groups is 3. The first kappa shape index (κ1) is 22.5. The molecular formula is C23H19N5O6S. The van der Waals surface area contributed by atoms with Crippen LogP contribution in [0.5, 0.6) is 0 Å². The Morgan fingerprint density at radius 2 is 2.11 bits per heavy atom. The number of non-ortho nitro benzene ring substituents is 1. The molecule has 4 heterocycles. The Labute approximate surface area is 202 Å². The normalized spacial score (nSPS) is 21.9. The molecule has 3 aromatic rings. The van der Waals surface area contributed by atoms with Gasteiger partial charge >= 0.3 is 6.03 Å². The number of nitro groups is 1. The number of hydrogen-bond donors (Lipinski definition) is 1. The van der Waals surface area contributed by atoms with E-state index in [1.165, 1.54) is 53.8 Å². The first-order chi connectivity index (χ1) is 16.8. The number of hydrogen-bond acceptors (Lipinski definition) is 8. The predicted molar refractivity (Wildman–Crippen MR) is 124 cm³/mol. The second kappa shape index (κ2) is 8.47. The van der Waals surface area contributed by atoms with Crippen molar-refractivity contribution in [3.63, 3.8) is 0 Å². The van der Waals surface area contributed by atoms with Crippen LogP contribution in [0.2, 0.25) is 0 Å². The zero-order valence-corrected chi connectivity index (χ0v) is 19.2. The zero-order valence-electron chi connectivity index (χ0n) is 18.4. The maximum Gasteiger partial charge on any atom is 0.325 e. The SMILES string of the molecule is CC1(c2cccc([N+](=O)[O-])c2)NC(=O)N(CC(=O)N2N=C(c3ccco3)CC2c2cccs2)C1=O. The van der Waals surface area contributed by atoms with Crippen molar-refractivity contribution in [2.75, 3.05) is 6.54 Å². The first-order valence-electron chi connectivity index (χ1n) is 10.6. The summed E-state index contributed by atoms with van der Waals surface area (Å²) >= 11 is 1.47. The summed E-state index contributed by atoms with van der Waals surface area (Å²) in [6.45, 7) is 0.917. The van der Waals surface area contributed by atoms with E-state index in [0.717, 1.165) is 9.78 Å². The number of nitrogens with one attached hydrogen (secondary N) is 1. The molecule has 11 nitrogen and oxygen atoms in total. The molecule has 2 atom stereocenters. The average molecular weight is 494 g/mol. The van der Waals surface area contributed by atoms with Crippen LogP contribution in [0, 0.1) is 10.1 Å². The number of rotatable bonds is 6. The molecular weight excluding hydrogens is 474 g/mol. The minimum atomic E-state index is -1.55. The van der Waals surface area contributed by atoms with E-state index in [4.69, 9.17) is 4.42 Å². The zero-order chi connectivity index (χ0) is 24.7. The first-order valence-corrected chi connectivity index (χ1v) is 11.5. The molecule has 0 radical (unpaired) electrons. The highest BCUT2D eigenvalue weighted by Gasteiger charge is 2.50. The van der Waals surface area contributed by atoms with E-state index < -0.39 is 40.9 Å². The standard InChI is InChI=1S/C23H19N5O6S/c1-23(14-5-2-6-15(11-14)28(32)33)21(30)26(22(31)24-23)13-20(29)27-17(19-8-4-10-35-19)12-16(25-27)18-7-3-9-34-18/h2-11,17H,12-13H2,1H3,(H,24,31). The number of furan rings is 1. The molecule has 1 fully saturated rings. The predicted octanol–water partition coefficient (Wildman–Crippen LogP) is 3.39.